The number of hydrogen-bond acceptors (Lipinski definition) is 4. The van der Waals surface area contributed by atoms with E-state index in [2.05, 4.69) is 21.8 Å². The Kier molecular flexibility index (Phi) is 7.76. The van der Waals surface area contributed by atoms with Crippen molar-refractivity contribution in [1.82, 2.24) is 14.8 Å². The lowest BCUT2D eigenvalue weighted by Gasteiger charge is -2.39. The second-order valence-corrected chi connectivity index (χ2v) is 10.1. The van der Waals surface area contributed by atoms with E-state index in [9.17, 15) is 9.50 Å². The highest BCUT2D eigenvalue weighted by molar-refractivity contribution is 5.85. The number of likely N-dealkylation sites (tertiary alicyclic amines) is 1. The van der Waals surface area contributed by atoms with Crippen LogP contribution in [0.2, 0.25) is 0 Å². The molecule has 2 aliphatic heterocycles. The summed E-state index contributed by atoms with van der Waals surface area (Å²) in [4.78, 5) is 7.59. The topological polar surface area (TPSA) is 54.5 Å². The summed E-state index contributed by atoms with van der Waals surface area (Å²) in [6, 6.07) is 10.1. The van der Waals surface area contributed by atoms with Gasteiger partial charge in [0, 0.05) is 66.8 Å². The smallest absolute Gasteiger partial charge is 0.133 e. The van der Waals surface area contributed by atoms with Gasteiger partial charge in [-0.1, -0.05) is 24.8 Å². The summed E-state index contributed by atoms with van der Waals surface area (Å²) < 4.78 is 44.1. The molecule has 0 spiro atoms. The van der Waals surface area contributed by atoms with E-state index in [0.717, 1.165) is 53.8 Å². The minimum Gasteiger partial charge on any atom is -0.396 e. The zero-order valence-electron chi connectivity index (χ0n) is 21.1. The maximum absolute atomic E-state index is 15.8. The fourth-order valence-electron chi connectivity index (χ4n) is 5.91. The monoisotopic (exact) mass is 512 g/mol. The van der Waals surface area contributed by atoms with E-state index in [0.29, 0.717) is 38.0 Å². The first-order chi connectivity index (χ1) is 18.0. The quantitative estimate of drug-likeness (QED) is 0.335. The van der Waals surface area contributed by atoms with Gasteiger partial charge in [0.05, 0.1) is 12.2 Å². The van der Waals surface area contributed by atoms with Crippen molar-refractivity contribution in [3.05, 3.63) is 77.1 Å². The van der Waals surface area contributed by atoms with Gasteiger partial charge in [0.1, 0.15) is 17.7 Å². The highest BCUT2D eigenvalue weighted by Gasteiger charge is 2.36. The van der Waals surface area contributed by atoms with Crippen LogP contribution in [0.15, 0.2) is 48.7 Å². The first kappa shape index (κ1) is 25.7. The van der Waals surface area contributed by atoms with Gasteiger partial charge in [-0.15, -0.1) is 0 Å². The number of anilines is 1. The van der Waals surface area contributed by atoms with Crippen molar-refractivity contribution in [1.29, 1.82) is 0 Å². The molecule has 0 amide bonds. The molecule has 0 bridgehead atoms. The molecule has 3 aromatic rings. The van der Waals surface area contributed by atoms with Crippen LogP contribution in [0.4, 0.5) is 18.9 Å². The Labute approximate surface area is 216 Å². The number of aliphatic hydroxyl groups is 1. The average molecular weight is 513 g/mol. The van der Waals surface area contributed by atoms with Crippen LogP contribution in [-0.4, -0.2) is 65.4 Å². The molecule has 0 radical (unpaired) electrons. The third kappa shape index (κ3) is 5.22. The lowest BCUT2D eigenvalue weighted by Crippen LogP contribution is -2.36. The third-order valence-electron chi connectivity index (χ3n) is 7.67. The molecule has 1 aromatic heterocycles. The van der Waals surface area contributed by atoms with Crippen LogP contribution in [0.5, 0.6) is 0 Å². The molecule has 3 heterocycles. The van der Waals surface area contributed by atoms with Crippen molar-refractivity contribution in [3.63, 3.8) is 0 Å². The van der Waals surface area contributed by atoms with Crippen LogP contribution in [0, 0.1) is 11.6 Å². The number of fused-ring (bicyclic) bond motifs is 3. The molecular weight excluding hydrogens is 477 g/mol. The number of rotatable bonds is 10. The lowest BCUT2D eigenvalue weighted by molar-refractivity contribution is 0.238. The Morgan fingerprint density at radius 1 is 1.14 bits per heavy atom. The summed E-state index contributed by atoms with van der Waals surface area (Å²) in [6.45, 7) is 6.75. The third-order valence-corrected chi connectivity index (χ3v) is 7.67. The number of para-hydroxylation sites is 1. The van der Waals surface area contributed by atoms with Crippen molar-refractivity contribution < 1.29 is 18.3 Å². The van der Waals surface area contributed by atoms with E-state index >= 15 is 8.78 Å². The maximum Gasteiger partial charge on any atom is 0.133 e. The highest BCUT2D eigenvalue weighted by Crippen LogP contribution is 2.42. The number of hydrogen-bond donors (Lipinski definition) is 3. The van der Waals surface area contributed by atoms with Crippen molar-refractivity contribution in [2.75, 3.05) is 44.8 Å². The number of aliphatic hydroxyl groups excluding tert-OH is 1. The van der Waals surface area contributed by atoms with Crippen molar-refractivity contribution in [3.8, 4) is 0 Å². The number of aromatic nitrogens is 1. The summed E-state index contributed by atoms with van der Waals surface area (Å²) in [5, 5.41) is 13.7. The molecule has 2 atom stereocenters. The summed E-state index contributed by atoms with van der Waals surface area (Å²) in [7, 11) is 0. The highest BCUT2D eigenvalue weighted by atomic mass is 19.1. The van der Waals surface area contributed by atoms with Gasteiger partial charge in [0.25, 0.3) is 0 Å². The first-order valence-electron chi connectivity index (χ1n) is 13.2. The number of halogens is 3. The first-order valence-corrected chi connectivity index (χ1v) is 13.2. The second-order valence-electron chi connectivity index (χ2n) is 10.1. The van der Waals surface area contributed by atoms with Crippen molar-refractivity contribution in [2.45, 2.75) is 44.2 Å². The Hall–Kier alpha value is -2.97. The summed E-state index contributed by atoms with van der Waals surface area (Å²) in [6.07, 6.45) is 3.17. The van der Waals surface area contributed by atoms with E-state index < -0.39 is 17.7 Å². The lowest BCUT2D eigenvalue weighted by atomic mass is 9.90. The Morgan fingerprint density at radius 2 is 1.92 bits per heavy atom. The van der Waals surface area contributed by atoms with Gasteiger partial charge in [-0.3, -0.25) is 4.39 Å². The molecule has 0 aliphatic carbocycles. The zero-order chi connectivity index (χ0) is 25.9. The minimum atomic E-state index is -0.681. The fraction of sp³-hybridized carbons (Fsp3) is 0.448. The maximum atomic E-state index is 15.8. The molecule has 8 heteroatoms. The van der Waals surface area contributed by atoms with Crippen LogP contribution >= 0.6 is 0 Å². The molecular formula is C29H35F3N4O. The van der Waals surface area contributed by atoms with Gasteiger partial charge in [-0.05, 0) is 55.9 Å². The summed E-state index contributed by atoms with van der Waals surface area (Å²) >= 11 is 0. The minimum absolute atomic E-state index is 0.000742. The van der Waals surface area contributed by atoms with E-state index in [4.69, 9.17) is 0 Å². The van der Waals surface area contributed by atoms with E-state index in [-0.39, 0.29) is 24.9 Å². The van der Waals surface area contributed by atoms with Gasteiger partial charge in [0.2, 0.25) is 0 Å². The summed E-state index contributed by atoms with van der Waals surface area (Å²) in [5.41, 5.74) is 3.97. The SMILES string of the molecule is C=C(CCCO)N1CCc2c([nH]c3ccccc23)[C@H]1c1c(F)cc(N[C@H]2CCN(CCCF)C2)cc1F. The fourth-order valence-corrected chi connectivity index (χ4v) is 5.91. The number of allylic oxidation sites excluding steroid dienone is 1. The Bertz CT molecular complexity index is 1240. The molecule has 1 saturated heterocycles. The molecule has 0 unspecified atom stereocenters. The van der Waals surface area contributed by atoms with Gasteiger partial charge in [-0.2, -0.15) is 0 Å². The molecule has 2 aliphatic rings. The van der Waals surface area contributed by atoms with E-state index in [1.807, 2.05) is 29.2 Å². The predicted molar refractivity (Wildman–Crippen MR) is 141 cm³/mol. The van der Waals surface area contributed by atoms with Crippen LogP contribution in [0.25, 0.3) is 10.9 Å². The number of alkyl halides is 1. The average Bonchev–Trinajstić information content (AvgIpc) is 3.49. The predicted octanol–water partition coefficient (Wildman–Crippen LogP) is 5.53. The standard InChI is InChI=1S/C29H35F3N4O/c1-19(6-4-15-37)36-14-10-23-22-7-2-3-8-26(22)34-28(23)29(36)27-24(31)16-21(17-25(27)32)33-20-9-13-35(18-20)12-5-11-30/h2-3,7-8,16-17,20,29,33-34,37H,1,4-6,9-15,18H2/t20-,29+/m0/s1. The number of benzene rings is 2. The molecule has 37 heavy (non-hydrogen) atoms. The van der Waals surface area contributed by atoms with Crippen LogP contribution < -0.4 is 5.32 Å². The molecule has 0 saturated carbocycles. The van der Waals surface area contributed by atoms with Gasteiger partial charge in [-0.25, -0.2) is 8.78 Å². The Balaban J connectivity index is 1.47. The van der Waals surface area contributed by atoms with Crippen LogP contribution in [0.1, 0.15) is 48.5 Å². The molecule has 5 nitrogen and oxygen atoms in total. The summed E-state index contributed by atoms with van der Waals surface area (Å²) in [5.74, 6) is -1.21. The van der Waals surface area contributed by atoms with Gasteiger partial charge >= 0.3 is 0 Å². The van der Waals surface area contributed by atoms with Gasteiger partial charge < -0.3 is 25.2 Å². The van der Waals surface area contributed by atoms with Crippen LogP contribution in [0.3, 0.4) is 0 Å². The van der Waals surface area contributed by atoms with Crippen molar-refractivity contribution in [2.24, 2.45) is 0 Å². The number of nitrogens with one attached hydrogen (secondary N) is 2. The van der Waals surface area contributed by atoms with Crippen LogP contribution in [-0.2, 0) is 6.42 Å². The molecule has 198 valence electrons. The van der Waals surface area contributed by atoms with Crippen molar-refractivity contribution >= 4 is 16.6 Å². The van der Waals surface area contributed by atoms with Gasteiger partial charge in [0.15, 0.2) is 0 Å². The second kappa shape index (κ2) is 11.2. The Morgan fingerprint density at radius 3 is 2.68 bits per heavy atom. The number of aromatic amines is 1. The zero-order valence-corrected chi connectivity index (χ0v) is 21.1. The number of nitrogens with zero attached hydrogens (tertiary/aromatic N) is 2. The van der Waals surface area contributed by atoms with E-state index in [1.54, 1.807) is 0 Å². The molecule has 2 aromatic carbocycles. The van der Waals surface area contributed by atoms with E-state index in [1.165, 1.54) is 12.1 Å². The normalized spacial score (nSPS) is 19.9. The molecule has 1 fully saturated rings. The number of H-pyrrole nitrogens is 1. The molecule has 3 N–H and O–H groups in total. The largest absolute Gasteiger partial charge is 0.396 e. The molecule has 5 rings (SSSR count).